The summed E-state index contributed by atoms with van der Waals surface area (Å²) in [5.74, 6) is 0.330. The topological polar surface area (TPSA) is 46.5 Å². The number of ketones is 1. The molecule has 0 radical (unpaired) electrons. The van der Waals surface area contributed by atoms with Crippen LogP contribution in [0.5, 0.6) is 0 Å². The molecule has 1 N–H and O–H groups in total. The maximum absolute atomic E-state index is 10.7. The molecule has 0 spiro atoms. The Hall–Kier alpha value is -0.410. The summed E-state index contributed by atoms with van der Waals surface area (Å²) in [6, 6.07) is 0. The van der Waals surface area contributed by atoms with Crippen molar-refractivity contribution in [1.29, 1.82) is 0 Å². The van der Waals surface area contributed by atoms with Gasteiger partial charge in [-0.1, -0.05) is 0 Å². The van der Waals surface area contributed by atoms with Crippen molar-refractivity contribution in [3.63, 3.8) is 0 Å². The van der Waals surface area contributed by atoms with Crippen LogP contribution in [0.3, 0.4) is 0 Å². The lowest BCUT2D eigenvalue weighted by Gasteiger charge is -2.25. The fourth-order valence-corrected chi connectivity index (χ4v) is 1.56. The van der Waals surface area contributed by atoms with Crippen LogP contribution in [-0.2, 0) is 9.53 Å². The standard InChI is InChI=1S/C9H16O3/c1-7(10)6-9(11)8-2-4-12-5-3-8/h8-9,11H,2-6H2,1H3. The Kier molecular flexibility index (Phi) is 3.69. The van der Waals surface area contributed by atoms with E-state index in [1.807, 2.05) is 0 Å². The highest BCUT2D eigenvalue weighted by atomic mass is 16.5. The average Bonchev–Trinajstić information content (AvgIpc) is 2.05. The predicted octanol–water partition coefficient (Wildman–Crippen LogP) is 0.753. The second kappa shape index (κ2) is 4.58. The normalized spacial score (nSPS) is 22.2. The first-order chi connectivity index (χ1) is 5.70. The second-order valence-corrected chi connectivity index (χ2v) is 3.42. The molecule has 0 bridgehead atoms. The van der Waals surface area contributed by atoms with E-state index < -0.39 is 6.10 Å². The fraction of sp³-hybridized carbons (Fsp3) is 0.889. The molecule has 1 unspecified atom stereocenters. The number of hydrogen-bond donors (Lipinski definition) is 1. The Bertz CT molecular complexity index is 150. The van der Waals surface area contributed by atoms with Gasteiger partial charge in [0.15, 0.2) is 0 Å². The SMILES string of the molecule is CC(=O)CC(O)C1CCOCC1. The summed E-state index contributed by atoms with van der Waals surface area (Å²) >= 11 is 0. The zero-order valence-electron chi connectivity index (χ0n) is 7.45. The number of Topliss-reactive ketones (excluding diaryl/α,β-unsaturated/α-hetero) is 1. The minimum absolute atomic E-state index is 0.0639. The number of carbonyl (C=O) groups is 1. The third kappa shape index (κ3) is 2.91. The van der Waals surface area contributed by atoms with Crippen molar-refractivity contribution in [3.05, 3.63) is 0 Å². The molecule has 0 aliphatic carbocycles. The van der Waals surface area contributed by atoms with Gasteiger partial charge in [0.05, 0.1) is 6.10 Å². The maximum Gasteiger partial charge on any atom is 0.132 e. The smallest absolute Gasteiger partial charge is 0.132 e. The zero-order valence-corrected chi connectivity index (χ0v) is 7.45. The number of aliphatic hydroxyl groups is 1. The molecule has 1 heterocycles. The maximum atomic E-state index is 10.7. The first-order valence-electron chi connectivity index (χ1n) is 4.45. The minimum Gasteiger partial charge on any atom is -0.392 e. The van der Waals surface area contributed by atoms with Crippen LogP contribution in [0, 0.1) is 5.92 Å². The molecular weight excluding hydrogens is 156 g/mol. The van der Waals surface area contributed by atoms with Gasteiger partial charge >= 0.3 is 0 Å². The zero-order chi connectivity index (χ0) is 8.97. The number of ether oxygens (including phenoxy) is 1. The van der Waals surface area contributed by atoms with Crippen LogP contribution in [-0.4, -0.2) is 30.2 Å². The van der Waals surface area contributed by atoms with Crippen molar-refractivity contribution >= 4 is 5.78 Å². The molecular formula is C9H16O3. The quantitative estimate of drug-likeness (QED) is 0.683. The molecule has 0 aromatic heterocycles. The van der Waals surface area contributed by atoms with Gasteiger partial charge in [-0.25, -0.2) is 0 Å². The van der Waals surface area contributed by atoms with E-state index in [1.54, 1.807) is 0 Å². The average molecular weight is 172 g/mol. The number of hydrogen-bond acceptors (Lipinski definition) is 3. The summed E-state index contributed by atoms with van der Waals surface area (Å²) in [7, 11) is 0. The monoisotopic (exact) mass is 172 g/mol. The van der Waals surface area contributed by atoms with Crippen LogP contribution >= 0.6 is 0 Å². The van der Waals surface area contributed by atoms with Crippen LogP contribution in [0.2, 0.25) is 0 Å². The van der Waals surface area contributed by atoms with Crippen LogP contribution in [0.15, 0.2) is 0 Å². The third-order valence-electron chi connectivity index (χ3n) is 2.31. The van der Waals surface area contributed by atoms with Crippen molar-refractivity contribution in [2.45, 2.75) is 32.3 Å². The van der Waals surface area contributed by atoms with Gasteiger partial charge in [-0.15, -0.1) is 0 Å². The number of aliphatic hydroxyl groups excluding tert-OH is 1. The van der Waals surface area contributed by atoms with Gasteiger partial charge in [-0.05, 0) is 25.7 Å². The largest absolute Gasteiger partial charge is 0.392 e. The highest BCUT2D eigenvalue weighted by molar-refractivity contribution is 5.75. The highest BCUT2D eigenvalue weighted by Gasteiger charge is 2.22. The Morgan fingerprint density at radius 3 is 2.67 bits per heavy atom. The van der Waals surface area contributed by atoms with Crippen molar-refractivity contribution in [2.24, 2.45) is 5.92 Å². The molecule has 1 atom stereocenters. The molecule has 3 nitrogen and oxygen atoms in total. The lowest BCUT2D eigenvalue weighted by Crippen LogP contribution is -2.28. The molecule has 12 heavy (non-hydrogen) atoms. The van der Waals surface area contributed by atoms with E-state index in [-0.39, 0.29) is 11.7 Å². The van der Waals surface area contributed by atoms with Gasteiger partial charge in [0.1, 0.15) is 5.78 Å². The van der Waals surface area contributed by atoms with Crippen molar-refractivity contribution in [3.8, 4) is 0 Å². The van der Waals surface area contributed by atoms with Gasteiger partial charge in [0.2, 0.25) is 0 Å². The minimum atomic E-state index is -0.452. The molecule has 3 heteroatoms. The Morgan fingerprint density at radius 2 is 2.17 bits per heavy atom. The van der Waals surface area contributed by atoms with Crippen LogP contribution in [0.25, 0.3) is 0 Å². The Balaban J connectivity index is 2.29. The van der Waals surface area contributed by atoms with Gasteiger partial charge in [0, 0.05) is 19.6 Å². The molecule has 1 rings (SSSR count). The Morgan fingerprint density at radius 1 is 1.58 bits per heavy atom. The van der Waals surface area contributed by atoms with Crippen LogP contribution < -0.4 is 0 Å². The first-order valence-corrected chi connectivity index (χ1v) is 4.45. The lowest BCUT2D eigenvalue weighted by molar-refractivity contribution is -0.120. The summed E-state index contributed by atoms with van der Waals surface area (Å²) in [6.45, 7) is 2.96. The van der Waals surface area contributed by atoms with Gasteiger partial charge in [-0.2, -0.15) is 0 Å². The van der Waals surface area contributed by atoms with E-state index >= 15 is 0 Å². The lowest BCUT2D eigenvalue weighted by atomic mass is 9.91. The molecule has 70 valence electrons. The van der Waals surface area contributed by atoms with Crippen molar-refractivity contribution in [2.75, 3.05) is 13.2 Å². The summed E-state index contributed by atoms with van der Waals surface area (Å²) in [4.78, 5) is 10.7. The molecule has 1 aliphatic heterocycles. The van der Waals surface area contributed by atoms with Crippen LogP contribution in [0.1, 0.15) is 26.2 Å². The highest BCUT2D eigenvalue weighted by Crippen LogP contribution is 2.20. The summed E-state index contributed by atoms with van der Waals surface area (Å²) in [6.07, 6.45) is 1.61. The van der Waals surface area contributed by atoms with E-state index in [0.29, 0.717) is 6.42 Å². The van der Waals surface area contributed by atoms with E-state index in [2.05, 4.69) is 0 Å². The van der Waals surface area contributed by atoms with Gasteiger partial charge in [-0.3, -0.25) is 4.79 Å². The third-order valence-corrected chi connectivity index (χ3v) is 2.31. The Labute approximate surface area is 72.7 Å². The van der Waals surface area contributed by atoms with Crippen molar-refractivity contribution < 1.29 is 14.6 Å². The summed E-state index contributed by atoms with van der Waals surface area (Å²) in [5.41, 5.74) is 0. The van der Waals surface area contributed by atoms with Gasteiger partial charge < -0.3 is 9.84 Å². The number of carbonyl (C=O) groups excluding carboxylic acids is 1. The molecule has 0 aromatic rings. The molecule has 0 aromatic carbocycles. The molecule has 0 saturated carbocycles. The van der Waals surface area contributed by atoms with Crippen LogP contribution in [0.4, 0.5) is 0 Å². The van der Waals surface area contributed by atoms with E-state index in [9.17, 15) is 9.90 Å². The first kappa shape index (κ1) is 9.68. The van der Waals surface area contributed by atoms with E-state index in [0.717, 1.165) is 26.1 Å². The molecule has 1 fully saturated rings. The summed E-state index contributed by atoms with van der Waals surface area (Å²) in [5, 5.41) is 9.57. The van der Waals surface area contributed by atoms with E-state index in [1.165, 1.54) is 6.92 Å². The molecule has 0 amide bonds. The van der Waals surface area contributed by atoms with Gasteiger partial charge in [0.25, 0.3) is 0 Å². The predicted molar refractivity (Wildman–Crippen MR) is 44.8 cm³/mol. The van der Waals surface area contributed by atoms with Crippen molar-refractivity contribution in [1.82, 2.24) is 0 Å². The molecule has 1 saturated heterocycles. The second-order valence-electron chi connectivity index (χ2n) is 3.42. The fourth-order valence-electron chi connectivity index (χ4n) is 1.56. The van der Waals surface area contributed by atoms with E-state index in [4.69, 9.17) is 4.74 Å². The molecule has 1 aliphatic rings. The number of rotatable bonds is 3. The summed E-state index contributed by atoms with van der Waals surface area (Å²) < 4.78 is 5.16.